The van der Waals surface area contributed by atoms with E-state index in [9.17, 15) is 13.2 Å². The van der Waals surface area contributed by atoms with Gasteiger partial charge in [0.05, 0.1) is 11.5 Å². The van der Waals surface area contributed by atoms with Gasteiger partial charge in [-0.05, 0) is 30.7 Å². The first-order chi connectivity index (χ1) is 8.84. The maximum Gasteiger partial charge on any atom is 0.319 e. The van der Waals surface area contributed by atoms with Crippen LogP contribution in [0.1, 0.15) is 5.56 Å². The highest BCUT2D eigenvalue weighted by Crippen LogP contribution is 2.22. The molecule has 0 atom stereocenters. The van der Waals surface area contributed by atoms with E-state index in [1.165, 1.54) is 25.3 Å². The van der Waals surface area contributed by atoms with Gasteiger partial charge in [-0.3, -0.25) is 0 Å². The van der Waals surface area contributed by atoms with Crippen LogP contribution in [0.4, 0.5) is 10.5 Å². The normalized spacial score (nSPS) is 11.1. The standard InChI is InChI=1S/C11H15ClN2O4S/c1-8-7-9(3-4-10(8)19(12,16)17)14-11(15)13-5-6-18-2/h3-4,7H,5-6H2,1-2H3,(H2,13,14,15). The smallest absolute Gasteiger partial charge is 0.319 e. The summed E-state index contributed by atoms with van der Waals surface area (Å²) >= 11 is 0. The lowest BCUT2D eigenvalue weighted by molar-refractivity contribution is 0.198. The molecule has 19 heavy (non-hydrogen) atoms. The van der Waals surface area contributed by atoms with Crippen LogP contribution in [0, 0.1) is 6.92 Å². The summed E-state index contributed by atoms with van der Waals surface area (Å²) in [6.45, 7) is 2.40. The molecule has 8 heteroatoms. The minimum absolute atomic E-state index is 0.0273. The van der Waals surface area contributed by atoms with Crippen LogP contribution in [-0.4, -0.2) is 34.7 Å². The summed E-state index contributed by atoms with van der Waals surface area (Å²) in [4.78, 5) is 11.5. The summed E-state index contributed by atoms with van der Waals surface area (Å²) in [5, 5.41) is 5.15. The molecular weight excluding hydrogens is 292 g/mol. The summed E-state index contributed by atoms with van der Waals surface area (Å²) in [6.07, 6.45) is 0. The molecule has 0 aliphatic rings. The summed E-state index contributed by atoms with van der Waals surface area (Å²) in [6, 6.07) is 3.96. The summed E-state index contributed by atoms with van der Waals surface area (Å²) in [5.74, 6) is 0. The first-order valence-electron chi connectivity index (χ1n) is 5.43. The number of anilines is 1. The monoisotopic (exact) mass is 306 g/mol. The second kappa shape index (κ2) is 6.74. The van der Waals surface area contributed by atoms with Crippen molar-refractivity contribution in [3.8, 4) is 0 Å². The summed E-state index contributed by atoms with van der Waals surface area (Å²) < 4.78 is 27.2. The Labute approximate surface area is 116 Å². The third kappa shape index (κ3) is 5.06. The highest BCUT2D eigenvalue weighted by Gasteiger charge is 2.13. The molecule has 0 aliphatic carbocycles. The Kier molecular flexibility index (Phi) is 5.59. The molecule has 1 rings (SSSR count). The second-order valence-electron chi connectivity index (χ2n) is 3.79. The van der Waals surface area contributed by atoms with Gasteiger partial charge in [-0.15, -0.1) is 0 Å². The zero-order valence-corrected chi connectivity index (χ0v) is 12.1. The van der Waals surface area contributed by atoms with Crippen LogP contribution in [0.25, 0.3) is 0 Å². The van der Waals surface area contributed by atoms with E-state index in [-0.39, 0.29) is 4.90 Å². The lowest BCUT2D eigenvalue weighted by Gasteiger charge is -2.09. The Morgan fingerprint density at radius 1 is 1.42 bits per heavy atom. The zero-order valence-electron chi connectivity index (χ0n) is 10.6. The van der Waals surface area contributed by atoms with Gasteiger partial charge >= 0.3 is 6.03 Å². The molecule has 0 bridgehead atoms. The number of ether oxygens (including phenoxy) is 1. The lowest BCUT2D eigenvalue weighted by Crippen LogP contribution is -2.31. The fraction of sp³-hybridized carbons (Fsp3) is 0.364. The van der Waals surface area contributed by atoms with Crippen LogP contribution < -0.4 is 10.6 Å². The van der Waals surface area contributed by atoms with E-state index in [1.807, 2.05) is 0 Å². The lowest BCUT2D eigenvalue weighted by atomic mass is 10.2. The molecule has 0 aliphatic heterocycles. The molecule has 0 unspecified atom stereocenters. The average molecular weight is 307 g/mol. The SMILES string of the molecule is COCCNC(=O)Nc1ccc(S(=O)(=O)Cl)c(C)c1. The van der Waals surface area contributed by atoms with Crippen LogP contribution >= 0.6 is 10.7 Å². The van der Waals surface area contributed by atoms with E-state index in [2.05, 4.69) is 10.6 Å². The highest BCUT2D eigenvalue weighted by atomic mass is 35.7. The van der Waals surface area contributed by atoms with E-state index in [4.69, 9.17) is 15.4 Å². The number of methoxy groups -OCH3 is 1. The Hall–Kier alpha value is -1.31. The summed E-state index contributed by atoms with van der Waals surface area (Å²) in [5.41, 5.74) is 0.946. The zero-order chi connectivity index (χ0) is 14.5. The summed E-state index contributed by atoms with van der Waals surface area (Å²) in [7, 11) is 3.03. The first kappa shape index (κ1) is 15.7. The van der Waals surface area contributed by atoms with E-state index in [0.717, 1.165) is 0 Å². The topological polar surface area (TPSA) is 84.5 Å². The molecule has 0 spiro atoms. The van der Waals surface area contributed by atoms with E-state index >= 15 is 0 Å². The van der Waals surface area contributed by atoms with Gasteiger partial charge in [-0.25, -0.2) is 13.2 Å². The van der Waals surface area contributed by atoms with Gasteiger partial charge in [0.2, 0.25) is 0 Å². The average Bonchev–Trinajstić information content (AvgIpc) is 2.27. The van der Waals surface area contributed by atoms with Crippen molar-refractivity contribution in [2.45, 2.75) is 11.8 Å². The number of hydrogen-bond acceptors (Lipinski definition) is 4. The number of rotatable bonds is 5. The van der Waals surface area contributed by atoms with Crippen molar-refractivity contribution in [2.75, 3.05) is 25.6 Å². The molecule has 0 aromatic heterocycles. The molecule has 2 amide bonds. The van der Waals surface area contributed by atoms with Gasteiger partial charge in [0.25, 0.3) is 9.05 Å². The number of halogens is 1. The molecule has 0 fully saturated rings. The third-order valence-corrected chi connectivity index (χ3v) is 3.77. The molecule has 0 saturated carbocycles. The second-order valence-corrected chi connectivity index (χ2v) is 6.33. The molecular formula is C11H15ClN2O4S. The van der Waals surface area contributed by atoms with Gasteiger partial charge in [-0.2, -0.15) is 0 Å². The molecule has 1 aromatic rings. The van der Waals surface area contributed by atoms with Crippen molar-refractivity contribution in [3.05, 3.63) is 23.8 Å². The maximum atomic E-state index is 11.5. The number of carbonyl (C=O) groups excluding carboxylic acids is 1. The quantitative estimate of drug-likeness (QED) is 0.640. The Bertz CT molecular complexity index is 560. The minimum Gasteiger partial charge on any atom is -0.383 e. The van der Waals surface area contributed by atoms with Crippen LogP contribution in [0.3, 0.4) is 0 Å². The first-order valence-corrected chi connectivity index (χ1v) is 7.74. The molecule has 0 radical (unpaired) electrons. The number of urea groups is 1. The van der Waals surface area contributed by atoms with E-state index in [0.29, 0.717) is 24.4 Å². The fourth-order valence-electron chi connectivity index (χ4n) is 1.44. The highest BCUT2D eigenvalue weighted by molar-refractivity contribution is 8.13. The molecule has 6 nitrogen and oxygen atoms in total. The van der Waals surface area contributed by atoms with Gasteiger partial charge in [0.15, 0.2) is 0 Å². The molecule has 1 aromatic carbocycles. The van der Waals surface area contributed by atoms with Crippen LogP contribution in [0.5, 0.6) is 0 Å². The molecule has 106 valence electrons. The van der Waals surface area contributed by atoms with Crippen molar-refractivity contribution in [1.82, 2.24) is 5.32 Å². The Morgan fingerprint density at radius 3 is 2.63 bits per heavy atom. The van der Waals surface area contributed by atoms with Crippen molar-refractivity contribution >= 4 is 31.5 Å². The van der Waals surface area contributed by atoms with Gasteiger partial charge < -0.3 is 15.4 Å². The molecule has 0 saturated heterocycles. The third-order valence-electron chi connectivity index (χ3n) is 2.29. The Balaban J connectivity index is 2.72. The Morgan fingerprint density at radius 2 is 2.11 bits per heavy atom. The number of benzene rings is 1. The van der Waals surface area contributed by atoms with Crippen LogP contribution in [0.15, 0.2) is 23.1 Å². The minimum atomic E-state index is -3.77. The predicted molar refractivity (Wildman–Crippen MR) is 73.1 cm³/mol. The number of nitrogens with one attached hydrogen (secondary N) is 2. The van der Waals surface area contributed by atoms with Crippen molar-refractivity contribution in [2.24, 2.45) is 0 Å². The van der Waals surface area contributed by atoms with E-state index < -0.39 is 15.1 Å². The molecule has 2 N–H and O–H groups in total. The van der Waals surface area contributed by atoms with Crippen molar-refractivity contribution < 1.29 is 17.9 Å². The fourth-order valence-corrected chi connectivity index (χ4v) is 2.64. The predicted octanol–water partition coefficient (Wildman–Crippen LogP) is 1.69. The number of carbonyl (C=O) groups is 1. The van der Waals surface area contributed by atoms with E-state index in [1.54, 1.807) is 6.92 Å². The largest absolute Gasteiger partial charge is 0.383 e. The maximum absolute atomic E-state index is 11.5. The number of aryl methyl sites for hydroxylation is 1. The van der Waals surface area contributed by atoms with Gasteiger partial charge in [-0.1, -0.05) is 0 Å². The van der Waals surface area contributed by atoms with Crippen molar-refractivity contribution in [1.29, 1.82) is 0 Å². The van der Waals surface area contributed by atoms with Crippen LogP contribution in [-0.2, 0) is 13.8 Å². The van der Waals surface area contributed by atoms with Gasteiger partial charge in [0.1, 0.15) is 0 Å². The van der Waals surface area contributed by atoms with Gasteiger partial charge in [0, 0.05) is 30.0 Å². The molecule has 0 heterocycles. The van der Waals surface area contributed by atoms with Crippen molar-refractivity contribution in [3.63, 3.8) is 0 Å². The number of amides is 2. The van der Waals surface area contributed by atoms with Crippen LogP contribution in [0.2, 0.25) is 0 Å². The number of hydrogen-bond donors (Lipinski definition) is 2.